The molecule has 4 heteroatoms. The van der Waals surface area contributed by atoms with Crippen molar-refractivity contribution in [3.05, 3.63) is 71.3 Å². The van der Waals surface area contributed by atoms with E-state index >= 15 is 0 Å². The van der Waals surface area contributed by atoms with Crippen LogP contribution >= 0.6 is 0 Å². The van der Waals surface area contributed by atoms with E-state index in [0.717, 1.165) is 30.6 Å². The Morgan fingerprint density at radius 2 is 1.83 bits per heavy atom. The number of anilines is 1. The van der Waals surface area contributed by atoms with Crippen LogP contribution in [0.1, 0.15) is 27.9 Å². The van der Waals surface area contributed by atoms with Crippen LogP contribution in [0.5, 0.6) is 0 Å². The normalized spacial score (nSPS) is 13.6. The van der Waals surface area contributed by atoms with Gasteiger partial charge in [0.05, 0.1) is 0 Å². The summed E-state index contributed by atoms with van der Waals surface area (Å²) in [6.45, 7) is 0.746. The maximum absolute atomic E-state index is 12.5. The second kappa shape index (κ2) is 7.13. The summed E-state index contributed by atoms with van der Waals surface area (Å²) in [5, 5.41) is 2.59. The smallest absolute Gasteiger partial charge is 0.251 e. The number of carbonyl (C=O) groups excluding carboxylic acids is 2. The molecule has 1 aliphatic rings. The van der Waals surface area contributed by atoms with E-state index in [0.29, 0.717) is 5.56 Å². The standard InChI is InChI=1S/C20H20N2O2/c1-21-20(24)17-11-8-15(9-12-17)10-13-19(23)22-14-4-6-16-5-2-3-7-18(16)22/h2-3,5,7-13H,4,6,14H2,1H3,(H,21,24)/b13-10+. The Hall–Kier alpha value is -2.88. The molecule has 2 aromatic carbocycles. The van der Waals surface area contributed by atoms with E-state index in [2.05, 4.69) is 11.4 Å². The topological polar surface area (TPSA) is 49.4 Å². The van der Waals surface area contributed by atoms with E-state index < -0.39 is 0 Å². The first-order chi connectivity index (χ1) is 11.7. The highest BCUT2D eigenvalue weighted by molar-refractivity contribution is 6.04. The zero-order valence-electron chi connectivity index (χ0n) is 13.7. The Labute approximate surface area is 141 Å². The van der Waals surface area contributed by atoms with Gasteiger partial charge in [-0.05, 0) is 48.2 Å². The molecule has 0 saturated carbocycles. The van der Waals surface area contributed by atoms with Gasteiger partial charge in [-0.3, -0.25) is 9.59 Å². The highest BCUT2D eigenvalue weighted by Gasteiger charge is 2.20. The van der Waals surface area contributed by atoms with Gasteiger partial charge < -0.3 is 10.2 Å². The first-order valence-electron chi connectivity index (χ1n) is 8.08. The van der Waals surface area contributed by atoms with E-state index in [9.17, 15) is 9.59 Å². The Bertz CT molecular complexity index is 778. The van der Waals surface area contributed by atoms with Gasteiger partial charge in [0.25, 0.3) is 11.8 Å². The van der Waals surface area contributed by atoms with Gasteiger partial charge in [-0.1, -0.05) is 30.3 Å². The fraction of sp³-hybridized carbons (Fsp3) is 0.200. The van der Waals surface area contributed by atoms with Crippen molar-refractivity contribution in [1.82, 2.24) is 5.32 Å². The third-order valence-electron chi connectivity index (χ3n) is 4.19. The molecule has 0 spiro atoms. The third-order valence-corrected chi connectivity index (χ3v) is 4.19. The van der Waals surface area contributed by atoms with Crippen LogP contribution in [0.15, 0.2) is 54.6 Å². The number of nitrogens with zero attached hydrogens (tertiary/aromatic N) is 1. The lowest BCUT2D eigenvalue weighted by molar-refractivity contribution is -0.114. The predicted molar refractivity (Wildman–Crippen MR) is 96.0 cm³/mol. The van der Waals surface area contributed by atoms with Gasteiger partial charge >= 0.3 is 0 Å². The molecule has 2 aromatic rings. The van der Waals surface area contributed by atoms with Crippen molar-refractivity contribution in [3.8, 4) is 0 Å². The first-order valence-corrected chi connectivity index (χ1v) is 8.08. The summed E-state index contributed by atoms with van der Waals surface area (Å²) < 4.78 is 0. The highest BCUT2D eigenvalue weighted by Crippen LogP contribution is 2.26. The molecule has 0 bridgehead atoms. The van der Waals surface area contributed by atoms with Crippen LogP contribution in [0.4, 0.5) is 5.69 Å². The van der Waals surface area contributed by atoms with Crippen LogP contribution in [0, 0.1) is 0 Å². The molecule has 1 N–H and O–H groups in total. The molecule has 24 heavy (non-hydrogen) atoms. The first kappa shape index (κ1) is 16.0. The average Bonchev–Trinajstić information content (AvgIpc) is 2.65. The van der Waals surface area contributed by atoms with E-state index in [1.807, 2.05) is 35.2 Å². The second-order valence-electron chi connectivity index (χ2n) is 5.76. The molecular formula is C20H20N2O2. The van der Waals surface area contributed by atoms with Gasteiger partial charge in [0.15, 0.2) is 0 Å². The van der Waals surface area contributed by atoms with E-state index in [4.69, 9.17) is 0 Å². The van der Waals surface area contributed by atoms with Crippen molar-refractivity contribution in [1.29, 1.82) is 0 Å². The zero-order chi connectivity index (χ0) is 16.9. The fourth-order valence-electron chi connectivity index (χ4n) is 2.91. The van der Waals surface area contributed by atoms with Gasteiger partial charge in [0.1, 0.15) is 0 Å². The summed E-state index contributed by atoms with van der Waals surface area (Å²) in [5.74, 6) is -0.135. The minimum Gasteiger partial charge on any atom is -0.355 e. The molecular weight excluding hydrogens is 300 g/mol. The van der Waals surface area contributed by atoms with Crippen molar-refractivity contribution >= 4 is 23.6 Å². The lowest BCUT2D eigenvalue weighted by Gasteiger charge is -2.28. The Balaban J connectivity index is 1.73. The number of carbonyl (C=O) groups is 2. The molecule has 2 amide bonds. The van der Waals surface area contributed by atoms with Crippen LogP contribution in [0.3, 0.4) is 0 Å². The molecule has 0 atom stereocenters. The third kappa shape index (κ3) is 3.38. The average molecular weight is 320 g/mol. The number of rotatable bonds is 3. The zero-order valence-corrected chi connectivity index (χ0v) is 13.7. The minimum atomic E-state index is -0.119. The van der Waals surface area contributed by atoms with Crippen LogP contribution in [-0.4, -0.2) is 25.4 Å². The summed E-state index contributed by atoms with van der Waals surface area (Å²) in [5.41, 5.74) is 3.72. The van der Waals surface area contributed by atoms with Gasteiger partial charge in [0, 0.05) is 30.9 Å². The van der Waals surface area contributed by atoms with Crippen molar-refractivity contribution in [2.24, 2.45) is 0 Å². The SMILES string of the molecule is CNC(=O)c1ccc(/C=C/C(=O)N2CCCc3ccccc32)cc1. The molecule has 3 rings (SSSR count). The molecule has 122 valence electrons. The molecule has 0 unspecified atom stereocenters. The largest absolute Gasteiger partial charge is 0.355 e. The molecule has 0 saturated heterocycles. The molecule has 4 nitrogen and oxygen atoms in total. The summed E-state index contributed by atoms with van der Waals surface area (Å²) in [6, 6.07) is 15.2. The number of nitrogens with one attached hydrogen (secondary N) is 1. The second-order valence-corrected chi connectivity index (χ2v) is 5.76. The number of para-hydroxylation sites is 1. The number of hydrogen-bond acceptors (Lipinski definition) is 2. The van der Waals surface area contributed by atoms with E-state index in [1.165, 1.54) is 5.56 Å². The Morgan fingerprint density at radius 1 is 1.08 bits per heavy atom. The van der Waals surface area contributed by atoms with Crippen LogP contribution in [0.2, 0.25) is 0 Å². The van der Waals surface area contributed by atoms with Gasteiger partial charge in [-0.15, -0.1) is 0 Å². The maximum atomic E-state index is 12.5. The molecule has 1 aliphatic heterocycles. The molecule has 0 fully saturated rings. The number of hydrogen-bond donors (Lipinski definition) is 1. The molecule has 0 aliphatic carbocycles. The highest BCUT2D eigenvalue weighted by atomic mass is 16.2. The van der Waals surface area contributed by atoms with E-state index in [1.54, 1.807) is 31.3 Å². The lowest BCUT2D eigenvalue weighted by atomic mass is 10.0. The van der Waals surface area contributed by atoms with Gasteiger partial charge in [-0.2, -0.15) is 0 Å². The fourth-order valence-corrected chi connectivity index (χ4v) is 2.91. The summed E-state index contributed by atoms with van der Waals surface area (Å²) in [4.78, 5) is 25.9. The van der Waals surface area contributed by atoms with Crippen molar-refractivity contribution in [2.45, 2.75) is 12.8 Å². The van der Waals surface area contributed by atoms with Crippen LogP contribution in [-0.2, 0) is 11.2 Å². The van der Waals surface area contributed by atoms with Gasteiger partial charge in [-0.25, -0.2) is 0 Å². The van der Waals surface area contributed by atoms with Crippen molar-refractivity contribution in [2.75, 3.05) is 18.5 Å². The quantitative estimate of drug-likeness (QED) is 0.884. The Kier molecular flexibility index (Phi) is 4.75. The summed E-state index contributed by atoms with van der Waals surface area (Å²) in [6.07, 6.45) is 5.38. The van der Waals surface area contributed by atoms with Crippen LogP contribution in [0.25, 0.3) is 6.08 Å². The monoisotopic (exact) mass is 320 g/mol. The number of fused-ring (bicyclic) bond motifs is 1. The molecule has 0 aromatic heterocycles. The van der Waals surface area contributed by atoms with Crippen LogP contribution < -0.4 is 10.2 Å². The molecule has 0 radical (unpaired) electrons. The van der Waals surface area contributed by atoms with Crippen molar-refractivity contribution < 1.29 is 9.59 Å². The van der Waals surface area contributed by atoms with E-state index in [-0.39, 0.29) is 11.8 Å². The number of amides is 2. The maximum Gasteiger partial charge on any atom is 0.251 e. The number of benzene rings is 2. The van der Waals surface area contributed by atoms with Crippen molar-refractivity contribution in [3.63, 3.8) is 0 Å². The minimum absolute atomic E-state index is 0.0162. The summed E-state index contributed by atoms with van der Waals surface area (Å²) in [7, 11) is 1.60. The van der Waals surface area contributed by atoms with Gasteiger partial charge in [0.2, 0.25) is 0 Å². The number of aryl methyl sites for hydroxylation is 1. The lowest BCUT2D eigenvalue weighted by Crippen LogP contribution is -2.34. The predicted octanol–water partition coefficient (Wildman–Crippen LogP) is 3.04. The summed E-state index contributed by atoms with van der Waals surface area (Å²) >= 11 is 0. The Morgan fingerprint density at radius 3 is 2.58 bits per heavy atom. The molecule has 1 heterocycles.